The van der Waals surface area contributed by atoms with E-state index in [0.717, 1.165) is 18.2 Å². The molecule has 9 heteroatoms. The number of aromatic nitrogens is 2. The van der Waals surface area contributed by atoms with Gasteiger partial charge in [-0.2, -0.15) is 13.2 Å². The number of rotatable bonds is 6. The molecule has 0 bridgehead atoms. The van der Waals surface area contributed by atoms with Gasteiger partial charge in [-0.05, 0) is 37.6 Å². The van der Waals surface area contributed by atoms with Crippen molar-refractivity contribution in [1.29, 1.82) is 0 Å². The third-order valence-electron chi connectivity index (χ3n) is 3.24. The second kappa shape index (κ2) is 7.82. The highest BCUT2D eigenvalue weighted by Gasteiger charge is 2.30. The number of alkyl halides is 3. The summed E-state index contributed by atoms with van der Waals surface area (Å²) in [5.41, 5.74) is -0.0237. The molecule has 0 fully saturated rings. The van der Waals surface area contributed by atoms with Gasteiger partial charge >= 0.3 is 12.1 Å². The number of nitrogens with zero attached hydrogens (tertiary/aromatic N) is 2. The number of carboxylic acid groups (broad SMARTS) is 1. The molecule has 0 aliphatic carbocycles. The maximum absolute atomic E-state index is 12.7. The molecule has 0 atom stereocenters. The van der Waals surface area contributed by atoms with E-state index in [-0.39, 0.29) is 23.6 Å². The Bertz CT molecular complexity index is 829. The number of hydrogen-bond acceptors (Lipinski definition) is 3. The summed E-state index contributed by atoms with van der Waals surface area (Å²) in [6.45, 7) is 3.66. The molecule has 1 aromatic carbocycles. The number of carboxylic acids is 1. The number of halogens is 4. The van der Waals surface area contributed by atoms with Gasteiger partial charge in [0, 0.05) is 17.2 Å². The molecule has 1 heterocycles. The first-order valence-corrected chi connectivity index (χ1v) is 7.95. The van der Waals surface area contributed by atoms with Crippen molar-refractivity contribution in [3.63, 3.8) is 0 Å². The summed E-state index contributed by atoms with van der Waals surface area (Å²) < 4.78 is 45.1. The van der Waals surface area contributed by atoms with Crippen molar-refractivity contribution in [2.45, 2.75) is 32.7 Å². The van der Waals surface area contributed by atoms with Crippen molar-refractivity contribution in [1.82, 2.24) is 9.78 Å². The van der Waals surface area contributed by atoms with Gasteiger partial charge in [-0.1, -0.05) is 17.7 Å². The van der Waals surface area contributed by atoms with Gasteiger partial charge < -0.3 is 9.84 Å². The molecule has 0 amide bonds. The second-order valence-corrected chi connectivity index (χ2v) is 6.11. The molecule has 2 rings (SSSR count). The van der Waals surface area contributed by atoms with Crippen LogP contribution in [0.15, 0.2) is 30.3 Å². The summed E-state index contributed by atoms with van der Waals surface area (Å²) >= 11 is 5.97. The van der Waals surface area contributed by atoms with E-state index >= 15 is 0 Å². The van der Waals surface area contributed by atoms with E-state index in [1.165, 1.54) is 22.9 Å². The van der Waals surface area contributed by atoms with Crippen molar-refractivity contribution < 1.29 is 27.8 Å². The molecule has 0 aliphatic rings. The fourth-order valence-electron chi connectivity index (χ4n) is 2.14. The molecule has 1 N–H and O–H groups in total. The van der Waals surface area contributed by atoms with Crippen molar-refractivity contribution in [2.24, 2.45) is 0 Å². The zero-order valence-corrected chi connectivity index (χ0v) is 14.7. The minimum absolute atomic E-state index is 0.0533. The lowest BCUT2D eigenvalue weighted by Gasteiger charge is -2.11. The van der Waals surface area contributed by atoms with Crippen LogP contribution in [0.25, 0.3) is 6.08 Å². The lowest BCUT2D eigenvalue weighted by molar-refractivity contribution is -0.137. The zero-order valence-electron chi connectivity index (χ0n) is 13.9. The second-order valence-electron chi connectivity index (χ2n) is 5.71. The molecule has 2 aromatic rings. The van der Waals surface area contributed by atoms with Crippen LogP contribution in [0, 0.1) is 0 Å². The van der Waals surface area contributed by atoms with Crippen molar-refractivity contribution in [3.8, 4) is 5.88 Å². The first kappa shape index (κ1) is 19.8. The van der Waals surface area contributed by atoms with E-state index in [1.807, 2.05) is 0 Å². The van der Waals surface area contributed by atoms with Crippen LogP contribution < -0.4 is 4.74 Å². The normalized spacial score (nSPS) is 12.1. The SMILES string of the molecule is CC(C)Oc1cc(/C=C/C(=O)O)n(Cc2ccc(C(F)(F)F)cc2Cl)n1. The van der Waals surface area contributed by atoms with Gasteiger partial charge in [0.15, 0.2) is 0 Å². The standard InChI is InChI=1S/C17H16ClF3N2O3/c1-10(2)26-15-8-13(5-6-16(24)25)23(22-15)9-11-3-4-12(7-14(11)18)17(19,20)21/h3-8,10H,9H2,1-2H3,(H,24,25)/b6-5+. The van der Waals surface area contributed by atoms with Gasteiger partial charge in [0.25, 0.3) is 0 Å². The number of hydrogen-bond donors (Lipinski definition) is 1. The average molecular weight is 389 g/mol. The zero-order chi connectivity index (χ0) is 19.5. The van der Waals surface area contributed by atoms with Crippen LogP contribution in [0.5, 0.6) is 5.88 Å². The summed E-state index contributed by atoms with van der Waals surface area (Å²) in [6.07, 6.45) is -2.38. The monoisotopic (exact) mass is 388 g/mol. The summed E-state index contributed by atoms with van der Waals surface area (Å²) in [5.74, 6) is -0.871. The summed E-state index contributed by atoms with van der Waals surface area (Å²) in [4.78, 5) is 10.7. The van der Waals surface area contributed by atoms with Crippen LogP contribution in [0.2, 0.25) is 5.02 Å². The Morgan fingerprint density at radius 3 is 2.62 bits per heavy atom. The fraction of sp³-hybridized carbons (Fsp3) is 0.294. The first-order valence-electron chi connectivity index (χ1n) is 7.57. The van der Waals surface area contributed by atoms with E-state index in [9.17, 15) is 18.0 Å². The quantitative estimate of drug-likeness (QED) is 0.740. The Balaban J connectivity index is 2.35. The van der Waals surface area contributed by atoms with Gasteiger partial charge in [-0.3, -0.25) is 4.68 Å². The number of aliphatic carboxylic acids is 1. The lowest BCUT2D eigenvalue weighted by Crippen LogP contribution is -2.09. The molecule has 5 nitrogen and oxygen atoms in total. The van der Waals surface area contributed by atoms with E-state index in [0.29, 0.717) is 11.3 Å². The van der Waals surface area contributed by atoms with Crippen LogP contribution >= 0.6 is 11.6 Å². The molecule has 0 spiro atoms. The average Bonchev–Trinajstić information content (AvgIpc) is 2.87. The Kier molecular flexibility index (Phi) is 5.97. The maximum atomic E-state index is 12.7. The van der Waals surface area contributed by atoms with Gasteiger partial charge in [-0.15, -0.1) is 5.10 Å². The van der Waals surface area contributed by atoms with Crippen LogP contribution in [0.1, 0.15) is 30.7 Å². The minimum atomic E-state index is -4.48. The van der Waals surface area contributed by atoms with Gasteiger partial charge in [0.1, 0.15) is 0 Å². The number of benzene rings is 1. The molecule has 0 unspecified atom stereocenters. The Labute approximate surface area is 152 Å². The predicted octanol–water partition coefficient (Wildman–Crippen LogP) is 4.49. The van der Waals surface area contributed by atoms with Gasteiger partial charge in [0.05, 0.1) is 23.9 Å². The molecule has 0 aliphatic heterocycles. The minimum Gasteiger partial charge on any atom is -0.478 e. The van der Waals surface area contributed by atoms with Crippen LogP contribution in [0.3, 0.4) is 0 Å². The van der Waals surface area contributed by atoms with E-state index in [4.69, 9.17) is 21.4 Å². The van der Waals surface area contributed by atoms with Gasteiger partial charge in [0.2, 0.25) is 5.88 Å². The molecule has 1 aromatic heterocycles. The molecule has 0 saturated heterocycles. The Hall–Kier alpha value is -2.48. The van der Waals surface area contributed by atoms with E-state index in [2.05, 4.69) is 5.10 Å². The largest absolute Gasteiger partial charge is 0.478 e. The smallest absolute Gasteiger partial charge is 0.416 e. The number of carbonyl (C=O) groups is 1. The first-order chi connectivity index (χ1) is 12.1. The molecule has 140 valence electrons. The summed E-state index contributed by atoms with van der Waals surface area (Å²) in [5, 5.41) is 12.9. The highest BCUT2D eigenvalue weighted by atomic mass is 35.5. The van der Waals surface area contributed by atoms with Crippen molar-refractivity contribution in [3.05, 3.63) is 52.2 Å². The molecule has 0 saturated carbocycles. The Morgan fingerprint density at radius 2 is 2.08 bits per heavy atom. The molecule has 26 heavy (non-hydrogen) atoms. The van der Waals surface area contributed by atoms with E-state index in [1.54, 1.807) is 13.8 Å². The topological polar surface area (TPSA) is 64.3 Å². The fourth-order valence-corrected chi connectivity index (χ4v) is 2.38. The third kappa shape index (κ3) is 5.26. The highest BCUT2D eigenvalue weighted by molar-refractivity contribution is 6.31. The molecular weight excluding hydrogens is 373 g/mol. The van der Waals surface area contributed by atoms with Crippen LogP contribution in [0.4, 0.5) is 13.2 Å². The maximum Gasteiger partial charge on any atom is 0.416 e. The lowest BCUT2D eigenvalue weighted by atomic mass is 10.1. The van der Waals surface area contributed by atoms with Crippen LogP contribution in [-0.4, -0.2) is 27.0 Å². The van der Waals surface area contributed by atoms with Crippen molar-refractivity contribution >= 4 is 23.6 Å². The summed E-state index contributed by atoms with van der Waals surface area (Å²) in [6, 6.07) is 4.58. The third-order valence-corrected chi connectivity index (χ3v) is 3.59. The Morgan fingerprint density at radius 1 is 1.38 bits per heavy atom. The highest BCUT2D eigenvalue weighted by Crippen LogP contribution is 2.32. The number of ether oxygens (including phenoxy) is 1. The van der Waals surface area contributed by atoms with E-state index < -0.39 is 17.7 Å². The summed E-state index contributed by atoms with van der Waals surface area (Å²) in [7, 11) is 0. The van der Waals surface area contributed by atoms with Crippen LogP contribution in [-0.2, 0) is 17.5 Å². The molecular formula is C17H16ClF3N2O3. The molecule has 0 radical (unpaired) electrons. The van der Waals surface area contributed by atoms with Gasteiger partial charge in [-0.25, -0.2) is 4.79 Å². The van der Waals surface area contributed by atoms with Crippen molar-refractivity contribution in [2.75, 3.05) is 0 Å². The predicted molar refractivity (Wildman–Crippen MR) is 90.2 cm³/mol.